The molecule has 0 amide bonds. The van der Waals surface area contributed by atoms with Crippen LogP contribution in [0.5, 0.6) is 0 Å². The minimum absolute atomic E-state index is 0.758. The first-order valence-electron chi connectivity index (χ1n) is 4.53. The molecule has 1 nitrogen and oxygen atoms in total. The molecule has 0 aromatic carbocycles. The van der Waals surface area contributed by atoms with Crippen LogP contribution in [-0.4, -0.2) is 0 Å². The molecule has 0 saturated heterocycles. The van der Waals surface area contributed by atoms with Crippen LogP contribution in [0.4, 0.5) is 0 Å². The number of fused-ring (bicyclic) bond motifs is 1. The zero-order valence-corrected chi connectivity index (χ0v) is 9.01. The van der Waals surface area contributed by atoms with E-state index in [-0.39, 0.29) is 0 Å². The Balaban J connectivity index is 2.45. The third kappa shape index (κ3) is 1.91. The maximum absolute atomic E-state index is 5.69. The summed E-state index contributed by atoms with van der Waals surface area (Å²) in [5.74, 6) is 1.59. The highest BCUT2D eigenvalue weighted by molar-refractivity contribution is 8.07. The standard InChI is InChI=1S/C13H10OS/c1-3-10-12(4-2)15-13-9-7-5-6-8-11(13)14-10/h3-4,6-9H,1-2H2. The van der Waals surface area contributed by atoms with Crippen LogP contribution in [0.2, 0.25) is 0 Å². The van der Waals surface area contributed by atoms with Crippen molar-refractivity contribution in [3.8, 4) is 0 Å². The summed E-state index contributed by atoms with van der Waals surface area (Å²) in [6.07, 6.45) is 11.0. The molecule has 1 aliphatic heterocycles. The second-order valence-corrected chi connectivity index (χ2v) is 3.99. The number of hydrogen-bond donors (Lipinski definition) is 0. The van der Waals surface area contributed by atoms with E-state index in [1.165, 1.54) is 0 Å². The molecule has 2 aliphatic rings. The van der Waals surface area contributed by atoms with Gasteiger partial charge in [0, 0.05) is 0 Å². The van der Waals surface area contributed by atoms with E-state index in [1.54, 1.807) is 23.9 Å². The lowest BCUT2D eigenvalue weighted by molar-refractivity contribution is 0.331. The molecule has 15 heavy (non-hydrogen) atoms. The molecule has 0 atom stereocenters. The summed E-state index contributed by atoms with van der Waals surface area (Å²) in [7, 11) is 0. The van der Waals surface area contributed by atoms with Gasteiger partial charge in [-0.1, -0.05) is 31.0 Å². The third-order valence-corrected chi connectivity index (χ3v) is 3.10. The second kappa shape index (κ2) is 4.26. The first-order valence-corrected chi connectivity index (χ1v) is 5.35. The van der Waals surface area contributed by atoms with Gasteiger partial charge in [-0.3, -0.25) is 0 Å². The van der Waals surface area contributed by atoms with Crippen molar-refractivity contribution in [1.29, 1.82) is 0 Å². The highest BCUT2D eigenvalue weighted by Crippen LogP contribution is 2.41. The summed E-state index contributed by atoms with van der Waals surface area (Å²) < 4.78 is 5.69. The topological polar surface area (TPSA) is 9.23 Å². The molecule has 0 radical (unpaired) electrons. The van der Waals surface area contributed by atoms with Crippen LogP contribution in [-0.2, 0) is 4.74 Å². The molecular weight excluding hydrogens is 204 g/mol. The van der Waals surface area contributed by atoms with Crippen LogP contribution in [0.3, 0.4) is 0 Å². The van der Waals surface area contributed by atoms with Crippen LogP contribution in [0, 0.1) is 0 Å². The van der Waals surface area contributed by atoms with Gasteiger partial charge in [0.05, 0.1) is 9.81 Å². The van der Waals surface area contributed by atoms with Gasteiger partial charge < -0.3 is 4.74 Å². The first kappa shape index (κ1) is 9.91. The molecule has 1 aliphatic carbocycles. The van der Waals surface area contributed by atoms with Gasteiger partial charge >= 0.3 is 0 Å². The lowest BCUT2D eigenvalue weighted by Gasteiger charge is -2.20. The predicted octanol–water partition coefficient (Wildman–Crippen LogP) is 3.83. The van der Waals surface area contributed by atoms with E-state index in [0.29, 0.717) is 0 Å². The minimum atomic E-state index is 0.758. The van der Waals surface area contributed by atoms with Gasteiger partial charge in [-0.15, -0.1) is 5.73 Å². The van der Waals surface area contributed by atoms with Gasteiger partial charge in [0.2, 0.25) is 0 Å². The van der Waals surface area contributed by atoms with Crippen LogP contribution in [0.1, 0.15) is 0 Å². The van der Waals surface area contributed by atoms with Crippen molar-refractivity contribution in [2.75, 3.05) is 0 Å². The Hall–Kier alpha value is -1.63. The van der Waals surface area contributed by atoms with Gasteiger partial charge in [0.25, 0.3) is 0 Å². The van der Waals surface area contributed by atoms with E-state index in [2.05, 4.69) is 18.9 Å². The largest absolute Gasteiger partial charge is 0.455 e. The SMILES string of the molecule is C=CC1=C(C=C)SC2=CC=C=CC=C2O1. The van der Waals surface area contributed by atoms with E-state index in [0.717, 1.165) is 21.3 Å². The molecule has 0 bridgehead atoms. The second-order valence-electron chi connectivity index (χ2n) is 2.90. The maximum Gasteiger partial charge on any atom is 0.142 e. The Bertz CT molecular complexity index is 429. The lowest BCUT2D eigenvalue weighted by atomic mass is 10.3. The average Bonchev–Trinajstić information content (AvgIpc) is 2.51. The molecule has 0 fully saturated rings. The smallest absolute Gasteiger partial charge is 0.142 e. The molecule has 0 spiro atoms. The number of hydrogen-bond acceptors (Lipinski definition) is 2. The van der Waals surface area contributed by atoms with Crippen molar-refractivity contribution < 1.29 is 4.74 Å². The van der Waals surface area contributed by atoms with E-state index >= 15 is 0 Å². The normalized spacial score (nSPS) is 18.4. The number of allylic oxidation sites excluding steroid dienone is 5. The predicted molar refractivity (Wildman–Crippen MR) is 64.9 cm³/mol. The summed E-state index contributed by atoms with van der Waals surface area (Å²) >= 11 is 1.63. The summed E-state index contributed by atoms with van der Waals surface area (Å²) in [6, 6.07) is 0. The van der Waals surface area contributed by atoms with Crippen molar-refractivity contribution in [2.24, 2.45) is 0 Å². The average molecular weight is 214 g/mol. The van der Waals surface area contributed by atoms with Crippen molar-refractivity contribution >= 4 is 11.8 Å². The van der Waals surface area contributed by atoms with Gasteiger partial charge in [-0.05, 0) is 30.4 Å². The zero-order chi connectivity index (χ0) is 10.7. The van der Waals surface area contributed by atoms with E-state index in [9.17, 15) is 0 Å². The van der Waals surface area contributed by atoms with E-state index in [4.69, 9.17) is 4.74 Å². The number of rotatable bonds is 2. The van der Waals surface area contributed by atoms with Crippen molar-refractivity contribution in [3.05, 3.63) is 76.7 Å². The van der Waals surface area contributed by atoms with Crippen molar-refractivity contribution in [2.45, 2.75) is 0 Å². The molecular formula is C13H10OS. The fourth-order valence-electron chi connectivity index (χ4n) is 1.26. The van der Waals surface area contributed by atoms with Crippen molar-refractivity contribution in [1.82, 2.24) is 0 Å². The van der Waals surface area contributed by atoms with E-state index < -0.39 is 0 Å². The molecule has 0 saturated carbocycles. The minimum Gasteiger partial charge on any atom is -0.455 e. The Morgan fingerprint density at radius 2 is 2.00 bits per heavy atom. The van der Waals surface area contributed by atoms with Gasteiger partial charge in [-0.2, -0.15) is 0 Å². The monoisotopic (exact) mass is 214 g/mol. The molecule has 0 unspecified atom stereocenters. The Morgan fingerprint density at radius 1 is 1.20 bits per heavy atom. The van der Waals surface area contributed by atoms with Gasteiger partial charge in [0.15, 0.2) is 0 Å². The lowest BCUT2D eigenvalue weighted by Crippen LogP contribution is -2.01. The highest BCUT2D eigenvalue weighted by atomic mass is 32.2. The molecule has 2 heteroatoms. The number of ether oxygens (including phenoxy) is 1. The molecule has 74 valence electrons. The van der Waals surface area contributed by atoms with E-state index in [1.807, 2.05) is 24.3 Å². The fourth-order valence-corrected chi connectivity index (χ4v) is 2.15. The molecule has 1 heterocycles. The zero-order valence-electron chi connectivity index (χ0n) is 8.19. The summed E-state index contributed by atoms with van der Waals surface area (Å²) in [6.45, 7) is 7.48. The highest BCUT2D eigenvalue weighted by Gasteiger charge is 2.19. The Labute approximate surface area is 93.5 Å². The molecule has 0 aromatic heterocycles. The maximum atomic E-state index is 5.69. The number of thioether (sulfide) groups is 1. The molecule has 0 aromatic rings. The fraction of sp³-hybridized carbons (Fsp3) is 0. The van der Waals surface area contributed by atoms with Crippen LogP contribution < -0.4 is 0 Å². The Kier molecular flexibility index (Phi) is 2.82. The quantitative estimate of drug-likeness (QED) is 0.646. The molecule has 2 rings (SSSR count). The Morgan fingerprint density at radius 3 is 2.73 bits per heavy atom. The third-order valence-electron chi connectivity index (χ3n) is 1.96. The van der Waals surface area contributed by atoms with Gasteiger partial charge in [0.1, 0.15) is 11.5 Å². The molecule has 0 N–H and O–H groups in total. The van der Waals surface area contributed by atoms with Crippen LogP contribution in [0.15, 0.2) is 76.7 Å². The van der Waals surface area contributed by atoms with Crippen LogP contribution >= 0.6 is 11.8 Å². The summed E-state index contributed by atoms with van der Waals surface area (Å²) in [4.78, 5) is 2.06. The first-order chi connectivity index (χ1) is 7.35. The van der Waals surface area contributed by atoms with Crippen molar-refractivity contribution in [3.63, 3.8) is 0 Å². The summed E-state index contributed by atoms with van der Waals surface area (Å²) in [5.41, 5.74) is 3.00. The van der Waals surface area contributed by atoms with Gasteiger partial charge in [-0.25, -0.2) is 0 Å². The van der Waals surface area contributed by atoms with Crippen LogP contribution in [0.25, 0.3) is 0 Å². The summed E-state index contributed by atoms with van der Waals surface area (Å²) in [5, 5.41) is 0.